The first-order valence-corrected chi connectivity index (χ1v) is 5.84. The number of halogens is 2. The molecule has 0 spiro atoms. The Morgan fingerprint density at radius 2 is 2.22 bits per heavy atom. The summed E-state index contributed by atoms with van der Waals surface area (Å²) in [7, 11) is 0. The third-order valence-corrected chi connectivity index (χ3v) is 3.12. The zero-order valence-corrected chi connectivity index (χ0v) is 10.6. The molecule has 0 saturated carbocycles. The maximum absolute atomic E-state index is 13.3. The van der Waals surface area contributed by atoms with E-state index in [-0.39, 0.29) is 18.2 Å². The number of aromatic nitrogens is 1. The summed E-state index contributed by atoms with van der Waals surface area (Å²) in [6.07, 6.45) is 2.85. The zero-order valence-electron chi connectivity index (χ0n) is 9.82. The van der Waals surface area contributed by atoms with Crippen LogP contribution in [0.4, 0.5) is 10.1 Å². The van der Waals surface area contributed by atoms with Crippen molar-refractivity contribution in [1.82, 2.24) is 10.3 Å². The first kappa shape index (κ1) is 13.1. The number of nitrogens with zero attached hydrogens (tertiary/aromatic N) is 1. The van der Waals surface area contributed by atoms with Crippen molar-refractivity contribution in [2.24, 2.45) is 0 Å². The molecule has 1 aromatic heterocycles. The minimum Gasteiger partial charge on any atom is -0.380 e. The quantitative estimate of drug-likeness (QED) is 0.878. The minimum absolute atomic E-state index is 0. The van der Waals surface area contributed by atoms with Crippen LogP contribution >= 0.6 is 12.4 Å². The molecule has 18 heavy (non-hydrogen) atoms. The van der Waals surface area contributed by atoms with Gasteiger partial charge in [-0.1, -0.05) is 0 Å². The molecular weight excluding hydrogens is 253 g/mol. The highest BCUT2D eigenvalue weighted by Gasteiger charge is 2.15. The van der Waals surface area contributed by atoms with E-state index in [4.69, 9.17) is 0 Å². The highest BCUT2D eigenvalue weighted by atomic mass is 35.5. The largest absolute Gasteiger partial charge is 0.380 e. The van der Waals surface area contributed by atoms with Crippen LogP contribution in [0.3, 0.4) is 0 Å². The molecule has 1 aliphatic heterocycles. The van der Waals surface area contributed by atoms with Gasteiger partial charge in [0.1, 0.15) is 5.82 Å². The number of anilines is 1. The number of hydrogen-bond donors (Lipinski definition) is 2. The van der Waals surface area contributed by atoms with Crippen LogP contribution in [-0.4, -0.2) is 24.1 Å². The van der Waals surface area contributed by atoms with Gasteiger partial charge in [-0.15, -0.1) is 12.4 Å². The minimum atomic E-state index is -0.224. The van der Waals surface area contributed by atoms with Gasteiger partial charge in [0, 0.05) is 29.9 Å². The highest BCUT2D eigenvalue weighted by Crippen LogP contribution is 2.23. The molecule has 0 bridgehead atoms. The van der Waals surface area contributed by atoms with Gasteiger partial charge in [0.15, 0.2) is 0 Å². The summed E-state index contributed by atoms with van der Waals surface area (Å²) < 4.78 is 13.3. The molecule has 5 heteroatoms. The monoisotopic (exact) mass is 267 g/mol. The van der Waals surface area contributed by atoms with Crippen molar-refractivity contribution in [1.29, 1.82) is 0 Å². The Hall–Kier alpha value is -1.39. The van der Waals surface area contributed by atoms with E-state index in [9.17, 15) is 4.39 Å². The van der Waals surface area contributed by atoms with Crippen LogP contribution in [0.5, 0.6) is 0 Å². The lowest BCUT2D eigenvalue weighted by atomic mass is 10.1. The summed E-state index contributed by atoms with van der Waals surface area (Å²) in [4.78, 5) is 4.24. The molecule has 1 aromatic carbocycles. The Labute approximate surface area is 111 Å². The molecule has 0 amide bonds. The van der Waals surface area contributed by atoms with E-state index in [1.54, 1.807) is 12.3 Å². The van der Waals surface area contributed by atoms with Gasteiger partial charge in [-0.05, 0) is 37.2 Å². The Kier molecular flexibility index (Phi) is 3.99. The molecule has 1 aliphatic rings. The lowest BCUT2D eigenvalue weighted by Crippen LogP contribution is -2.22. The Bertz CT molecular complexity index is 541. The van der Waals surface area contributed by atoms with Gasteiger partial charge < -0.3 is 10.6 Å². The van der Waals surface area contributed by atoms with Crippen molar-refractivity contribution < 1.29 is 4.39 Å². The summed E-state index contributed by atoms with van der Waals surface area (Å²) >= 11 is 0. The fraction of sp³-hybridized carbons (Fsp3) is 0.308. The van der Waals surface area contributed by atoms with E-state index in [1.165, 1.54) is 12.1 Å². The van der Waals surface area contributed by atoms with E-state index in [0.29, 0.717) is 6.04 Å². The van der Waals surface area contributed by atoms with Crippen molar-refractivity contribution in [3.05, 3.63) is 36.3 Å². The Balaban J connectivity index is 0.00000120. The van der Waals surface area contributed by atoms with E-state index in [0.717, 1.165) is 36.1 Å². The van der Waals surface area contributed by atoms with Crippen LogP contribution in [0.2, 0.25) is 0 Å². The second-order valence-corrected chi connectivity index (χ2v) is 4.35. The van der Waals surface area contributed by atoms with E-state index >= 15 is 0 Å². The fourth-order valence-corrected chi connectivity index (χ4v) is 2.24. The van der Waals surface area contributed by atoms with Gasteiger partial charge in [-0.3, -0.25) is 4.98 Å². The maximum atomic E-state index is 13.3. The average Bonchev–Trinajstić information content (AvgIpc) is 2.83. The van der Waals surface area contributed by atoms with Gasteiger partial charge in [0.25, 0.3) is 0 Å². The lowest BCUT2D eigenvalue weighted by Gasteiger charge is -2.14. The second kappa shape index (κ2) is 5.50. The summed E-state index contributed by atoms with van der Waals surface area (Å²) in [5.74, 6) is -0.224. The van der Waals surface area contributed by atoms with Crippen molar-refractivity contribution in [3.8, 4) is 0 Å². The number of pyridine rings is 1. The summed E-state index contributed by atoms with van der Waals surface area (Å²) in [5.41, 5.74) is 1.78. The van der Waals surface area contributed by atoms with Crippen LogP contribution < -0.4 is 10.6 Å². The summed E-state index contributed by atoms with van der Waals surface area (Å²) in [5, 5.41) is 7.59. The molecule has 0 aliphatic carbocycles. The van der Waals surface area contributed by atoms with Crippen LogP contribution in [0, 0.1) is 5.82 Å². The standard InChI is InChI=1S/C13H14FN3.ClH/c14-9-1-2-12-11(7-9)13(4-6-16-12)17-10-3-5-15-8-10;/h1-2,4,6-7,10,15H,3,5,8H2,(H,16,17);1H/t10-;/m1./s1. The van der Waals surface area contributed by atoms with Crippen molar-refractivity contribution in [2.75, 3.05) is 18.4 Å². The molecule has 1 fully saturated rings. The molecule has 0 unspecified atom stereocenters. The molecule has 0 radical (unpaired) electrons. The molecule has 1 saturated heterocycles. The SMILES string of the molecule is Cl.Fc1ccc2nccc(N[C@@H]3CCNC3)c2c1. The topological polar surface area (TPSA) is 37.0 Å². The predicted molar refractivity (Wildman–Crippen MR) is 73.8 cm³/mol. The van der Waals surface area contributed by atoms with Gasteiger partial charge >= 0.3 is 0 Å². The fourth-order valence-electron chi connectivity index (χ4n) is 2.24. The van der Waals surface area contributed by atoms with Gasteiger partial charge in [-0.2, -0.15) is 0 Å². The molecule has 1 atom stereocenters. The van der Waals surface area contributed by atoms with Crippen LogP contribution in [-0.2, 0) is 0 Å². The van der Waals surface area contributed by atoms with Crippen LogP contribution in [0.1, 0.15) is 6.42 Å². The first-order chi connectivity index (χ1) is 8.33. The molecule has 2 heterocycles. The van der Waals surface area contributed by atoms with E-state index < -0.39 is 0 Å². The molecular formula is C13H15ClFN3. The number of hydrogen-bond acceptors (Lipinski definition) is 3. The van der Waals surface area contributed by atoms with Crippen molar-refractivity contribution >= 4 is 29.0 Å². The zero-order chi connectivity index (χ0) is 11.7. The molecule has 96 valence electrons. The van der Waals surface area contributed by atoms with Gasteiger partial charge in [-0.25, -0.2) is 4.39 Å². The van der Waals surface area contributed by atoms with Gasteiger partial charge in [0.05, 0.1) is 5.52 Å². The third kappa shape index (κ3) is 2.54. The van der Waals surface area contributed by atoms with E-state index in [2.05, 4.69) is 15.6 Å². The first-order valence-electron chi connectivity index (χ1n) is 5.84. The second-order valence-electron chi connectivity index (χ2n) is 4.35. The van der Waals surface area contributed by atoms with Crippen LogP contribution in [0.25, 0.3) is 10.9 Å². The van der Waals surface area contributed by atoms with Crippen molar-refractivity contribution in [2.45, 2.75) is 12.5 Å². The number of rotatable bonds is 2. The highest BCUT2D eigenvalue weighted by molar-refractivity contribution is 5.91. The lowest BCUT2D eigenvalue weighted by molar-refractivity contribution is 0.629. The smallest absolute Gasteiger partial charge is 0.124 e. The Morgan fingerprint density at radius 1 is 1.33 bits per heavy atom. The average molecular weight is 268 g/mol. The maximum Gasteiger partial charge on any atom is 0.124 e. The molecule has 3 nitrogen and oxygen atoms in total. The Morgan fingerprint density at radius 3 is 3.00 bits per heavy atom. The molecule has 3 rings (SSSR count). The van der Waals surface area contributed by atoms with Gasteiger partial charge in [0.2, 0.25) is 0 Å². The third-order valence-electron chi connectivity index (χ3n) is 3.12. The number of nitrogens with one attached hydrogen (secondary N) is 2. The van der Waals surface area contributed by atoms with Crippen LogP contribution in [0.15, 0.2) is 30.5 Å². The molecule has 2 N–H and O–H groups in total. The summed E-state index contributed by atoms with van der Waals surface area (Å²) in [6, 6.07) is 7.01. The summed E-state index contributed by atoms with van der Waals surface area (Å²) in [6.45, 7) is 1.99. The normalized spacial score (nSPS) is 18.6. The predicted octanol–water partition coefficient (Wildman–Crippen LogP) is 2.57. The number of fused-ring (bicyclic) bond motifs is 1. The number of benzene rings is 1. The van der Waals surface area contributed by atoms with E-state index in [1.807, 2.05) is 6.07 Å². The van der Waals surface area contributed by atoms with Crippen molar-refractivity contribution in [3.63, 3.8) is 0 Å². The molecule has 2 aromatic rings.